The summed E-state index contributed by atoms with van der Waals surface area (Å²) in [5, 5.41) is 9.45. The minimum absolute atomic E-state index is 0.0974. The summed E-state index contributed by atoms with van der Waals surface area (Å²) in [6.45, 7) is 2.03. The average molecular weight is 266 g/mol. The van der Waals surface area contributed by atoms with Crippen molar-refractivity contribution in [2.75, 3.05) is 5.32 Å². The lowest BCUT2D eigenvalue weighted by molar-refractivity contribution is 0.101. The van der Waals surface area contributed by atoms with Crippen LogP contribution in [0.1, 0.15) is 29.8 Å². The van der Waals surface area contributed by atoms with Gasteiger partial charge in [0.25, 0.3) is 5.91 Å². The number of nitrogens with one attached hydrogen (secondary N) is 2. The van der Waals surface area contributed by atoms with E-state index >= 15 is 0 Å². The second-order valence-corrected chi connectivity index (χ2v) is 4.04. The number of aromatic nitrogens is 4. The fourth-order valence-corrected chi connectivity index (χ4v) is 1.56. The standard InChI is InChI=1S/C11H12ClN5O/c1-2-4-9-14-10(17-16-9)11(18)15-8-6-3-5-7(12)13-8/h3,5-6H,2,4H2,1H3,(H,13,15,18)(H,14,16,17). The average Bonchev–Trinajstić information content (AvgIpc) is 2.78. The molecular weight excluding hydrogens is 254 g/mol. The summed E-state index contributed by atoms with van der Waals surface area (Å²) < 4.78 is 0. The van der Waals surface area contributed by atoms with Crippen LogP contribution in [-0.2, 0) is 6.42 Å². The van der Waals surface area contributed by atoms with Crippen molar-refractivity contribution in [2.24, 2.45) is 0 Å². The zero-order chi connectivity index (χ0) is 13.0. The Labute approximate surface area is 109 Å². The number of carbonyl (C=O) groups excluding carboxylic acids is 1. The van der Waals surface area contributed by atoms with Crippen LogP contribution in [0, 0.1) is 0 Å². The van der Waals surface area contributed by atoms with Crippen LogP contribution in [-0.4, -0.2) is 26.1 Å². The van der Waals surface area contributed by atoms with Crippen molar-refractivity contribution >= 4 is 23.3 Å². The van der Waals surface area contributed by atoms with Gasteiger partial charge in [-0.1, -0.05) is 24.6 Å². The lowest BCUT2D eigenvalue weighted by Gasteiger charge is -2.00. The Bertz CT molecular complexity index is 554. The first-order valence-electron chi connectivity index (χ1n) is 5.54. The van der Waals surface area contributed by atoms with Gasteiger partial charge in [0.05, 0.1) is 0 Å². The number of carbonyl (C=O) groups is 1. The molecule has 0 aromatic carbocycles. The summed E-state index contributed by atoms with van der Waals surface area (Å²) >= 11 is 5.72. The zero-order valence-electron chi connectivity index (χ0n) is 9.77. The Kier molecular flexibility index (Phi) is 3.88. The van der Waals surface area contributed by atoms with Gasteiger partial charge >= 0.3 is 0 Å². The molecule has 6 nitrogen and oxygen atoms in total. The first kappa shape index (κ1) is 12.5. The van der Waals surface area contributed by atoms with E-state index in [0.29, 0.717) is 16.8 Å². The smallest absolute Gasteiger partial charge is 0.296 e. The van der Waals surface area contributed by atoms with Crippen LogP contribution in [0.15, 0.2) is 18.2 Å². The fraction of sp³-hybridized carbons (Fsp3) is 0.273. The van der Waals surface area contributed by atoms with E-state index in [2.05, 4.69) is 25.5 Å². The van der Waals surface area contributed by atoms with Gasteiger partial charge in [-0.25, -0.2) is 9.97 Å². The molecule has 0 saturated carbocycles. The number of amides is 1. The number of hydrogen-bond donors (Lipinski definition) is 2. The van der Waals surface area contributed by atoms with Crippen molar-refractivity contribution in [1.82, 2.24) is 20.2 Å². The molecule has 0 aliphatic carbocycles. The third kappa shape index (κ3) is 3.04. The number of halogens is 1. The molecule has 2 rings (SSSR count). The predicted octanol–water partition coefficient (Wildman–Crippen LogP) is 2.06. The molecule has 2 aromatic heterocycles. The molecule has 0 atom stereocenters. The van der Waals surface area contributed by atoms with Crippen LogP contribution in [0.2, 0.25) is 5.15 Å². The molecule has 0 radical (unpaired) electrons. The largest absolute Gasteiger partial charge is 0.304 e. The second kappa shape index (κ2) is 5.59. The number of anilines is 1. The Hall–Kier alpha value is -1.95. The SMILES string of the molecule is CCCc1nc(C(=O)Nc2cccc(Cl)n2)n[nH]1. The van der Waals surface area contributed by atoms with Gasteiger partial charge in [-0.15, -0.1) is 5.10 Å². The number of pyridine rings is 1. The molecule has 94 valence electrons. The zero-order valence-corrected chi connectivity index (χ0v) is 10.5. The Morgan fingerprint density at radius 2 is 2.28 bits per heavy atom. The molecule has 0 saturated heterocycles. The van der Waals surface area contributed by atoms with E-state index in [9.17, 15) is 4.79 Å². The summed E-state index contributed by atoms with van der Waals surface area (Å²) in [4.78, 5) is 19.8. The number of aromatic amines is 1. The van der Waals surface area contributed by atoms with Gasteiger partial charge in [0.15, 0.2) is 0 Å². The molecule has 0 bridgehead atoms. The quantitative estimate of drug-likeness (QED) is 0.829. The number of H-pyrrole nitrogens is 1. The van der Waals surface area contributed by atoms with Gasteiger partial charge in [0.1, 0.15) is 16.8 Å². The monoisotopic (exact) mass is 265 g/mol. The highest BCUT2D eigenvalue weighted by Gasteiger charge is 2.12. The number of aryl methyl sites for hydroxylation is 1. The molecule has 0 spiro atoms. The van der Waals surface area contributed by atoms with Gasteiger partial charge in [-0.05, 0) is 18.6 Å². The molecule has 7 heteroatoms. The van der Waals surface area contributed by atoms with Crippen molar-refractivity contribution in [3.63, 3.8) is 0 Å². The molecule has 2 aromatic rings. The highest BCUT2D eigenvalue weighted by atomic mass is 35.5. The lowest BCUT2D eigenvalue weighted by atomic mass is 10.3. The summed E-state index contributed by atoms with van der Waals surface area (Å²) in [6, 6.07) is 4.97. The van der Waals surface area contributed by atoms with E-state index in [1.165, 1.54) is 0 Å². The van der Waals surface area contributed by atoms with Gasteiger partial charge in [-0.3, -0.25) is 9.89 Å². The highest BCUT2D eigenvalue weighted by molar-refractivity contribution is 6.29. The van der Waals surface area contributed by atoms with Crippen LogP contribution >= 0.6 is 11.6 Å². The maximum Gasteiger partial charge on any atom is 0.296 e. The Morgan fingerprint density at radius 1 is 1.44 bits per heavy atom. The summed E-state index contributed by atoms with van der Waals surface area (Å²) in [6.07, 6.45) is 1.70. The Balaban J connectivity index is 2.07. The van der Waals surface area contributed by atoms with Crippen molar-refractivity contribution < 1.29 is 4.79 Å². The summed E-state index contributed by atoms with van der Waals surface area (Å²) in [5.41, 5.74) is 0. The molecule has 0 aliphatic rings. The van der Waals surface area contributed by atoms with Gasteiger partial charge in [0, 0.05) is 6.42 Å². The Morgan fingerprint density at radius 3 is 3.00 bits per heavy atom. The van der Waals surface area contributed by atoms with Gasteiger partial charge in [-0.2, -0.15) is 0 Å². The van der Waals surface area contributed by atoms with Crippen LogP contribution in [0.5, 0.6) is 0 Å². The molecule has 0 aliphatic heterocycles. The molecule has 0 fully saturated rings. The maximum absolute atomic E-state index is 11.8. The van der Waals surface area contributed by atoms with Gasteiger partial charge < -0.3 is 5.32 Å². The molecule has 0 unspecified atom stereocenters. The maximum atomic E-state index is 11.8. The van der Waals surface area contributed by atoms with Crippen LogP contribution in [0.25, 0.3) is 0 Å². The number of rotatable bonds is 4. The van der Waals surface area contributed by atoms with E-state index in [0.717, 1.165) is 12.8 Å². The van der Waals surface area contributed by atoms with Crippen LogP contribution in [0.3, 0.4) is 0 Å². The normalized spacial score (nSPS) is 10.3. The van der Waals surface area contributed by atoms with E-state index in [4.69, 9.17) is 11.6 Å². The molecule has 2 N–H and O–H groups in total. The number of nitrogens with zero attached hydrogens (tertiary/aromatic N) is 3. The second-order valence-electron chi connectivity index (χ2n) is 3.66. The van der Waals surface area contributed by atoms with Crippen molar-refractivity contribution in [1.29, 1.82) is 0 Å². The molecule has 2 heterocycles. The van der Waals surface area contributed by atoms with Crippen molar-refractivity contribution in [3.8, 4) is 0 Å². The summed E-state index contributed by atoms with van der Waals surface area (Å²) in [5.74, 6) is 0.750. The highest BCUT2D eigenvalue weighted by Crippen LogP contribution is 2.09. The van der Waals surface area contributed by atoms with Crippen LogP contribution in [0.4, 0.5) is 5.82 Å². The van der Waals surface area contributed by atoms with E-state index in [-0.39, 0.29) is 5.82 Å². The molecule has 18 heavy (non-hydrogen) atoms. The third-order valence-corrected chi connectivity index (χ3v) is 2.39. The van der Waals surface area contributed by atoms with E-state index in [1.54, 1.807) is 18.2 Å². The van der Waals surface area contributed by atoms with E-state index in [1.807, 2.05) is 6.92 Å². The molecule has 1 amide bonds. The first-order valence-corrected chi connectivity index (χ1v) is 5.92. The predicted molar refractivity (Wildman–Crippen MR) is 67.6 cm³/mol. The topological polar surface area (TPSA) is 83.6 Å². The summed E-state index contributed by atoms with van der Waals surface area (Å²) in [7, 11) is 0. The van der Waals surface area contributed by atoms with Gasteiger partial charge in [0.2, 0.25) is 5.82 Å². The van der Waals surface area contributed by atoms with Crippen molar-refractivity contribution in [3.05, 3.63) is 35.0 Å². The molecular formula is C11H12ClN5O. The minimum Gasteiger partial charge on any atom is -0.304 e. The lowest BCUT2D eigenvalue weighted by Crippen LogP contribution is -2.14. The minimum atomic E-state index is -0.414. The van der Waals surface area contributed by atoms with E-state index < -0.39 is 5.91 Å². The van der Waals surface area contributed by atoms with Crippen molar-refractivity contribution in [2.45, 2.75) is 19.8 Å². The third-order valence-electron chi connectivity index (χ3n) is 2.18. The fourth-order valence-electron chi connectivity index (χ4n) is 1.40. The van der Waals surface area contributed by atoms with Crippen LogP contribution < -0.4 is 5.32 Å². The first-order chi connectivity index (χ1) is 8.69. The number of hydrogen-bond acceptors (Lipinski definition) is 4.